The Hall–Kier alpha value is -1.09. The highest BCUT2D eigenvalue weighted by atomic mass is 16.5. The standard InChI is InChI=1S/C10H19N.C5H10.C2H4O2/c1-4-9(2)8-11-7-5-6-10(11)3;1-3-5-4-2;1-4-2-3/h4,9-10H,1,5-8H2,2-3H3;3,5H,4H2,1-2H3;2H,1H3/b;5-3-;. The van der Waals surface area contributed by atoms with Gasteiger partial charge in [-0.3, -0.25) is 4.79 Å². The van der Waals surface area contributed by atoms with Gasteiger partial charge in [-0.25, -0.2) is 0 Å². The van der Waals surface area contributed by atoms with E-state index in [4.69, 9.17) is 4.79 Å². The fourth-order valence-corrected chi connectivity index (χ4v) is 1.94. The summed E-state index contributed by atoms with van der Waals surface area (Å²) in [4.78, 5) is 11.5. The Kier molecular flexibility index (Phi) is 16.9. The third kappa shape index (κ3) is 13.3. The number of hydrogen-bond acceptors (Lipinski definition) is 3. The van der Waals surface area contributed by atoms with E-state index < -0.39 is 0 Å². The van der Waals surface area contributed by atoms with Crippen molar-refractivity contribution < 1.29 is 9.53 Å². The van der Waals surface area contributed by atoms with Crippen LogP contribution in [0.25, 0.3) is 0 Å². The zero-order chi connectivity index (χ0) is 15.8. The highest BCUT2D eigenvalue weighted by molar-refractivity contribution is 5.36. The molecule has 0 N–H and O–H groups in total. The highest BCUT2D eigenvalue weighted by Gasteiger charge is 2.20. The Balaban J connectivity index is 0. The molecule has 0 aliphatic carbocycles. The molecule has 20 heavy (non-hydrogen) atoms. The molecule has 1 heterocycles. The van der Waals surface area contributed by atoms with Crippen molar-refractivity contribution in [2.45, 2.75) is 53.0 Å². The molecule has 2 unspecified atom stereocenters. The van der Waals surface area contributed by atoms with Crippen LogP contribution in [0.15, 0.2) is 24.8 Å². The summed E-state index contributed by atoms with van der Waals surface area (Å²) in [5.74, 6) is 0.649. The van der Waals surface area contributed by atoms with Gasteiger partial charge in [0.2, 0.25) is 0 Å². The Bertz CT molecular complexity index is 251. The number of rotatable bonds is 5. The van der Waals surface area contributed by atoms with E-state index in [0.29, 0.717) is 12.4 Å². The average Bonchev–Trinajstić information content (AvgIpc) is 2.86. The van der Waals surface area contributed by atoms with E-state index >= 15 is 0 Å². The van der Waals surface area contributed by atoms with Gasteiger partial charge in [-0.05, 0) is 45.6 Å². The molecule has 0 spiro atoms. The molecule has 1 aliphatic rings. The van der Waals surface area contributed by atoms with Crippen LogP contribution in [-0.4, -0.2) is 37.6 Å². The third-order valence-electron chi connectivity index (χ3n) is 3.18. The van der Waals surface area contributed by atoms with E-state index in [-0.39, 0.29) is 0 Å². The molecule has 3 heteroatoms. The number of ether oxygens (including phenoxy) is 1. The first-order valence-electron chi connectivity index (χ1n) is 7.51. The first-order valence-corrected chi connectivity index (χ1v) is 7.51. The van der Waals surface area contributed by atoms with Crippen LogP contribution in [0.4, 0.5) is 0 Å². The number of nitrogens with zero attached hydrogens (tertiary/aromatic N) is 1. The minimum Gasteiger partial charge on any atom is -0.471 e. The monoisotopic (exact) mass is 283 g/mol. The fraction of sp³-hybridized carbons (Fsp3) is 0.706. The van der Waals surface area contributed by atoms with Crippen LogP contribution < -0.4 is 0 Å². The topological polar surface area (TPSA) is 29.5 Å². The Morgan fingerprint density at radius 3 is 2.35 bits per heavy atom. The first-order chi connectivity index (χ1) is 9.56. The van der Waals surface area contributed by atoms with Crippen LogP contribution in [0.2, 0.25) is 0 Å². The molecule has 2 atom stereocenters. The van der Waals surface area contributed by atoms with Gasteiger partial charge >= 0.3 is 0 Å². The van der Waals surface area contributed by atoms with Gasteiger partial charge in [0.25, 0.3) is 6.47 Å². The summed E-state index contributed by atoms with van der Waals surface area (Å²) < 4.78 is 3.86. The molecule has 1 rings (SSSR count). The minimum absolute atomic E-state index is 0.375. The van der Waals surface area contributed by atoms with E-state index in [1.54, 1.807) is 0 Å². The lowest BCUT2D eigenvalue weighted by Gasteiger charge is -2.22. The van der Waals surface area contributed by atoms with Crippen LogP contribution in [0, 0.1) is 5.92 Å². The molecule has 0 aromatic heterocycles. The number of carbonyl (C=O) groups is 1. The van der Waals surface area contributed by atoms with Gasteiger partial charge in [0.1, 0.15) is 0 Å². The smallest absolute Gasteiger partial charge is 0.292 e. The lowest BCUT2D eigenvalue weighted by molar-refractivity contribution is -0.126. The summed E-state index contributed by atoms with van der Waals surface area (Å²) in [5.41, 5.74) is 0. The van der Waals surface area contributed by atoms with Gasteiger partial charge in [0.15, 0.2) is 0 Å². The molecule has 118 valence electrons. The molecular formula is C17H33NO2. The number of carbonyl (C=O) groups excluding carboxylic acids is 1. The summed E-state index contributed by atoms with van der Waals surface area (Å²) in [6, 6.07) is 0.803. The Labute approximate surface area is 125 Å². The second-order valence-corrected chi connectivity index (χ2v) is 5.01. The number of likely N-dealkylation sites (tertiary alicyclic amines) is 1. The highest BCUT2D eigenvalue weighted by Crippen LogP contribution is 2.17. The molecule has 1 saturated heterocycles. The first kappa shape index (κ1) is 21.2. The van der Waals surface area contributed by atoms with Crippen LogP contribution in [0.5, 0.6) is 0 Å². The van der Waals surface area contributed by atoms with Crippen molar-refractivity contribution in [3.8, 4) is 0 Å². The molecule has 0 saturated carbocycles. The van der Waals surface area contributed by atoms with Gasteiger partial charge < -0.3 is 9.64 Å². The summed E-state index contributed by atoms with van der Waals surface area (Å²) in [6.07, 6.45) is 10.1. The zero-order valence-corrected chi connectivity index (χ0v) is 14.0. The van der Waals surface area contributed by atoms with Crippen molar-refractivity contribution in [2.24, 2.45) is 5.92 Å². The minimum atomic E-state index is 0.375. The van der Waals surface area contributed by atoms with Crippen molar-refractivity contribution >= 4 is 6.47 Å². The maximum atomic E-state index is 8.95. The van der Waals surface area contributed by atoms with Gasteiger partial charge in [0, 0.05) is 12.6 Å². The molecule has 0 aromatic carbocycles. The van der Waals surface area contributed by atoms with Crippen molar-refractivity contribution in [1.82, 2.24) is 4.90 Å². The normalized spacial score (nSPS) is 19.4. The molecule has 3 nitrogen and oxygen atoms in total. The Morgan fingerprint density at radius 2 is 2.10 bits per heavy atom. The molecule has 0 aromatic rings. The summed E-state index contributed by atoms with van der Waals surface area (Å²) in [5, 5.41) is 0. The summed E-state index contributed by atoms with van der Waals surface area (Å²) in [6.45, 7) is 15.4. The lowest BCUT2D eigenvalue weighted by Crippen LogP contribution is -2.30. The van der Waals surface area contributed by atoms with Crippen molar-refractivity contribution in [1.29, 1.82) is 0 Å². The predicted molar refractivity (Wildman–Crippen MR) is 87.8 cm³/mol. The largest absolute Gasteiger partial charge is 0.471 e. The van der Waals surface area contributed by atoms with E-state index in [2.05, 4.69) is 49.1 Å². The van der Waals surface area contributed by atoms with Crippen LogP contribution >= 0.6 is 0 Å². The molecule has 1 aliphatic heterocycles. The van der Waals surface area contributed by atoms with Gasteiger partial charge in [-0.1, -0.05) is 32.1 Å². The number of allylic oxidation sites excluding steroid dienone is 2. The maximum absolute atomic E-state index is 8.95. The molecule has 0 amide bonds. The third-order valence-corrected chi connectivity index (χ3v) is 3.18. The van der Waals surface area contributed by atoms with Crippen LogP contribution in [0.1, 0.15) is 47.0 Å². The SMILES string of the molecule is C/C=C\CC.C=CC(C)CN1CCCC1C.COC=O. The van der Waals surface area contributed by atoms with E-state index in [9.17, 15) is 0 Å². The van der Waals surface area contributed by atoms with Crippen molar-refractivity contribution in [3.05, 3.63) is 24.8 Å². The van der Waals surface area contributed by atoms with Crippen LogP contribution in [-0.2, 0) is 9.53 Å². The van der Waals surface area contributed by atoms with Crippen LogP contribution in [0.3, 0.4) is 0 Å². The van der Waals surface area contributed by atoms with E-state index in [0.717, 1.165) is 12.5 Å². The quantitative estimate of drug-likeness (QED) is 0.563. The number of hydrogen-bond donors (Lipinski definition) is 0. The summed E-state index contributed by atoms with van der Waals surface area (Å²) in [7, 11) is 1.31. The van der Waals surface area contributed by atoms with Crippen molar-refractivity contribution in [2.75, 3.05) is 20.2 Å². The average molecular weight is 283 g/mol. The molecule has 0 radical (unpaired) electrons. The number of methoxy groups -OCH3 is 1. The second kappa shape index (κ2) is 16.0. The molecular weight excluding hydrogens is 250 g/mol. The second-order valence-electron chi connectivity index (χ2n) is 5.01. The van der Waals surface area contributed by atoms with E-state index in [1.165, 1.54) is 33.0 Å². The maximum Gasteiger partial charge on any atom is 0.292 e. The predicted octanol–water partition coefficient (Wildman–Crippen LogP) is 4.05. The zero-order valence-electron chi connectivity index (χ0n) is 14.0. The summed E-state index contributed by atoms with van der Waals surface area (Å²) >= 11 is 0. The van der Waals surface area contributed by atoms with Gasteiger partial charge in [-0.15, -0.1) is 6.58 Å². The lowest BCUT2D eigenvalue weighted by atomic mass is 10.1. The Morgan fingerprint density at radius 1 is 1.50 bits per heavy atom. The fourth-order valence-electron chi connectivity index (χ4n) is 1.94. The van der Waals surface area contributed by atoms with Gasteiger partial charge in [0.05, 0.1) is 7.11 Å². The molecule has 1 fully saturated rings. The van der Waals surface area contributed by atoms with Gasteiger partial charge in [-0.2, -0.15) is 0 Å². The van der Waals surface area contributed by atoms with Crippen molar-refractivity contribution in [3.63, 3.8) is 0 Å². The molecule has 0 bridgehead atoms. The van der Waals surface area contributed by atoms with E-state index in [1.807, 2.05) is 13.0 Å².